The molecule has 0 aliphatic rings. The standard InChI is InChI=1S/C7H13NO4/c1-5(12-6(2)9)7(10)8(3)11-4/h5H,1-4H3/t5-/m1/s1. The summed E-state index contributed by atoms with van der Waals surface area (Å²) in [4.78, 5) is 26.2. The van der Waals surface area contributed by atoms with Gasteiger partial charge in [-0.1, -0.05) is 0 Å². The molecule has 0 radical (unpaired) electrons. The molecule has 0 fully saturated rings. The average molecular weight is 175 g/mol. The highest BCUT2D eigenvalue weighted by atomic mass is 16.7. The van der Waals surface area contributed by atoms with Gasteiger partial charge < -0.3 is 4.74 Å². The molecule has 0 N–H and O–H groups in total. The molecule has 0 unspecified atom stereocenters. The first-order valence-corrected chi connectivity index (χ1v) is 3.48. The van der Waals surface area contributed by atoms with Gasteiger partial charge in [0.1, 0.15) is 0 Å². The maximum atomic E-state index is 11.1. The molecule has 12 heavy (non-hydrogen) atoms. The third-order valence-corrected chi connectivity index (χ3v) is 1.27. The lowest BCUT2D eigenvalue weighted by atomic mass is 10.4. The molecular formula is C7H13NO4. The van der Waals surface area contributed by atoms with Crippen molar-refractivity contribution < 1.29 is 19.2 Å². The number of ether oxygens (including phenoxy) is 1. The summed E-state index contributed by atoms with van der Waals surface area (Å²) in [7, 11) is 2.81. The number of hydrogen-bond acceptors (Lipinski definition) is 4. The van der Waals surface area contributed by atoms with Crippen LogP contribution >= 0.6 is 0 Å². The molecular weight excluding hydrogens is 162 g/mol. The van der Waals surface area contributed by atoms with Gasteiger partial charge >= 0.3 is 5.97 Å². The van der Waals surface area contributed by atoms with Gasteiger partial charge in [0.05, 0.1) is 7.11 Å². The van der Waals surface area contributed by atoms with Crippen LogP contribution in [0.3, 0.4) is 0 Å². The molecule has 0 aliphatic heterocycles. The Morgan fingerprint density at radius 3 is 2.25 bits per heavy atom. The minimum Gasteiger partial charge on any atom is -0.453 e. The van der Waals surface area contributed by atoms with Gasteiger partial charge in [-0.2, -0.15) is 0 Å². The highest BCUT2D eigenvalue weighted by Gasteiger charge is 2.19. The maximum absolute atomic E-state index is 11.1. The van der Waals surface area contributed by atoms with Gasteiger partial charge in [-0.05, 0) is 6.92 Å². The number of esters is 1. The number of nitrogens with zero attached hydrogens (tertiary/aromatic N) is 1. The quantitative estimate of drug-likeness (QED) is 0.446. The summed E-state index contributed by atoms with van der Waals surface area (Å²) >= 11 is 0. The molecule has 0 spiro atoms. The van der Waals surface area contributed by atoms with Crippen molar-refractivity contribution in [1.82, 2.24) is 5.06 Å². The van der Waals surface area contributed by atoms with E-state index in [1.807, 2.05) is 0 Å². The van der Waals surface area contributed by atoms with Crippen LogP contribution in [0.5, 0.6) is 0 Å². The lowest BCUT2D eigenvalue weighted by molar-refractivity contribution is -0.182. The Labute approximate surface area is 71.2 Å². The zero-order chi connectivity index (χ0) is 9.72. The molecule has 1 amide bonds. The van der Waals surface area contributed by atoms with E-state index in [-0.39, 0.29) is 0 Å². The van der Waals surface area contributed by atoms with Crippen molar-refractivity contribution in [3.05, 3.63) is 0 Å². The molecule has 0 bridgehead atoms. The van der Waals surface area contributed by atoms with E-state index in [4.69, 9.17) is 0 Å². The number of likely N-dealkylation sites (N-methyl/N-ethyl adjacent to an activating group) is 1. The second-order valence-electron chi connectivity index (χ2n) is 2.27. The molecule has 70 valence electrons. The zero-order valence-electron chi connectivity index (χ0n) is 7.66. The van der Waals surface area contributed by atoms with Crippen molar-refractivity contribution in [3.8, 4) is 0 Å². The number of hydroxylamine groups is 2. The summed E-state index contributed by atoms with van der Waals surface area (Å²) in [6, 6.07) is 0. The largest absolute Gasteiger partial charge is 0.453 e. The first kappa shape index (κ1) is 10.9. The number of amides is 1. The van der Waals surface area contributed by atoms with Crippen molar-refractivity contribution in [3.63, 3.8) is 0 Å². The smallest absolute Gasteiger partial charge is 0.303 e. The van der Waals surface area contributed by atoms with Crippen LogP contribution in [0.1, 0.15) is 13.8 Å². The average Bonchev–Trinajstić information content (AvgIpc) is 2.00. The van der Waals surface area contributed by atoms with Crippen molar-refractivity contribution in [2.45, 2.75) is 20.0 Å². The molecule has 1 atom stereocenters. The summed E-state index contributed by atoms with van der Waals surface area (Å²) < 4.78 is 4.62. The molecule has 0 saturated carbocycles. The Bertz CT molecular complexity index is 180. The van der Waals surface area contributed by atoms with Crippen LogP contribution in [-0.2, 0) is 19.2 Å². The summed E-state index contributed by atoms with van der Waals surface area (Å²) in [6.45, 7) is 2.73. The molecule has 0 aromatic heterocycles. The third kappa shape index (κ3) is 3.34. The van der Waals surface area contributed by atoms with E-state index in [9.17, 15) is 9.59 Å². The van der Waals surface area contributed by atoms with Crippen molar-refractivity contribution in [2.75, 3.05) is 14.2 Å². The van der Waals surface area contributed by atoms with Crippen LogP contribution < -0.4 is 0 Å². The van der Waals surface area contributed by atoms with E-state index < -0.39 is 18.0 Å². The monoisotopic (exact) mass is 175 g/mol. The van der Waals surface area contributed by atoms with Gasteiger partial charge in [0, 0.05) is 14.0 Å². The number of hydrogen-bond donors (Lipinski definition) is 0. The fourth-order valence-electron chi connectivity index (χ4n) is 0.645. The Balaban J connectivity index is 4.01. The predicted molar refractivity (Wildman–Crippen MR) is 41.0 cm³/mol. The minimum atomic E-state index is -0.799. The highest BCUT2D eigenvalue weighted by Crippen LogP contribution is 1.97. The van der Waals surface area contributed by atoms with Gasteiger partial charge in [-0.15, -0.1) is 0 Å². The number of carbonyl (C=O) groups is 2. The van der Waals surface area contributed by atoms with Crippen molar-refractivity contribution >= 4 is 11.9 Å². The van der Waals surface area contributed by atoms with Crippen molar-refractivity contribution in [1.29, 1.82) is 0 Å². The number of rotatable bonds is 3. The lowest BCUT2D eigenvalue weighted by Crippen LogP contribution is -2.36. The first-order valence-electron chi connectivity index (χ1n) is 3.48. The molecule has 0 saturated heterocycles. The predicted octanol–water partition coefficient (Wildman–Crippen LogP) is -0.0422. The van der Waals surface area contributed by atoms with Gasteiger partial charge in [0.15, 0.2) is 6.10 Å². The number of carbonyl (C=O) groups excluding carboxylic acids is 2. The van der Waals surface area contributed by atoms with Crippen LogP contribution in [0.15, 0.2) is 0 Å². The van der Waals surface area contributed by atoms with E-state index in [1.54, 1.807) is 0 Å². The van der Waals surface area contributed by atoms with E-state index in [0.717, 1.165) is 5.06 Å². The molecule has 0 heterocycles. The second-order valence-corrected chi connectivity index (χ2v) is 2.27. The summed E-state index contributed by atoms with van der Waals surface area (Å²) in [5.74, 6) is -0.881. The lowest BCUT2D eigenvalue weighted by Gasteiger charge is -2.17. The zero-order valence-corrected chi connectivity index (χ0v) is 7.66. The Morgan fingerprint density at radius 2 is 1.92 bits per heavy atom. The van der Waals surface area contributed by atoms with E-state index in [0.29, 0.717) is 0 Å². The normalized spacial score (nSPS) is 12.0. The van der Waals surface area contributed by atoms with Crippen molar-refractivity contribution in [2.24, 2.45) is 0 Å². The molecule has 0 aliphatic carbocycles. The summed E-state index contributed by atoms with van der Waals surface area (Å²) in [5, 5.41) is 1.01. The maximum Gasteiger partial charge on any atom is 0.303 e. The van der Waals surface area contributed by atoms with Crippen LogP contribution in [-0.4, -0.2) is 37.2 Å². The second kappa shape index (κ2) is 4.71. The van der Waals surface area contributed by atoms with E-state index in [2.05, 4.69) is 9.57 Å². The third-order valence-electron chi connectivity index (χ3n) is 1.27. The Kier molecular flexibility index (Phi) is 4.28. The topological polar surface area (TPSA) is 55.8 Å². The van der Waals surface area contributed by atoms with E-state index in [1.165, 1.54) is 28.0 Å². The van der Waals surface area contributed by atoms with Gasteiger partial charge in [0.2, 0.25) is 0 Å². The summed E-state index contributed by atoms with van der Waals surface area (Å²) in [5.41, 5.74) is 0. The SMILES string of the molecule is CON(C)C(=O)[C@@H](C)OC(C)=O. The van der Waals surface area contributed by atoms with Crippen LogP contribution in [0, 0.1) is 0 Å². The van der Waals surface area contributed by atoms with Crippen LogP contribution in [0.2, 0.25) is 0 Å². The summed E-state index contributed by atoms with van der Waals surface area (Å²) in [6.07, 6.45) is -0.799. The van der Waals surface area contributed by atoms with E-state index >= 15 is 0 Å². The first-order chi connectivity index (χ1) is 5.49. The fourth-order valence-corrected chi connectivity index (χ4v) is 0.645. The fraction of sp³-hybridized carbons (Fsp3) is 0.714. The van der Waals surface area contributed by atoms with Gasteiger partial charge in [-0.25, -0.2) is 5.06 Å². The molecule has 0 aromatic rings. The molecule has 0 aromatic carbocycles. The van der Waals surface area contributed by atoms with Crippen LogP contribution in [0.25, 0.3) is 0 Å². The van der Waals surface area contributed by atoms with Gasteiger partial charge in [-0.3, -0.25) is 14.4 Å². The molecule has 5 heteroatoms. The minimum absolute atomic E-state index is 0.396. The van der Waals surface area contributed by atoms with Crippen LogP contribution in [0.4, 0.5) is 0 Å². The Hall–Kier alpha value is -1.10. The highest BCUT2D eigenvalue weighted by molar-refractivity contribution is 5.81. The molecule has 0 rings (SSSR count). The molecule has 5 nitrogen and oxygen atoms in total. The Morgan fingerprint density at radius 1 is 1.42 bits per heavy atom. The van der Waals surface area contributed by atoms with Gasteiger partial charge in [0.25, 0.3) is 5.91 Å².